The molecule has 0 atom stereocenters. The lowest BCUT2D eigenvalue weighted by molar-refractivity contribution is -0.142. The zero-order chi connectivity index (χ0) is 18.0. The maximum absolute atomic E-state index is 12.5. The minimum absolute atomic E-state index is 0.402. The fourth-order valence-electron chi connectivity index (χ4n) is 5.33. The van der Waals surface area contributed by atoms with Gasteiger partial charge in [-0.3, -0.25) is 9.69 Å². The third-order valence-corrected chi connectivity index (χ3v) is 7.21. The van der Waals surface area contributed by atoms with E-state index in [4.69, 9.17) is 0 Å². The zero-order valence-corrected chi connectivity index (χ0v) is 16.4. The molecule has 0 N–H and O–H groups in total. The summed E-state index contributed by atoms with van der Waals surface area (Å²) >= 11 is 0. The van der Waals surface area contributed by atoms with Crippen LogP contribution in [0.5, 0.6) is 0 Å². The van der Waals surface area contributed by atoms with E-state index in [1.54, 1.807) is 0 Å². The smallest absolute Gasteiger partial charge is 0.222 e. The molecule has 2 saturated heterocycles. The van der Waals surface area contributed by atoms with Crippen LogP contribution in [0.3, 0.4) is 0 Å². The van der Waals surface area contributed by atoms with Crippen LogP contribution in [0.25, 0.3) is 0 Å². The van der Waals surface area contributed by atoms with Crippen molar-refractivity contribution in [1.29, 1.82) is 0 Å². The summed E-state index contributed by atoms with van der Waals surface area (Å²) in [7, 11) is 0. The Labute approximate surface area is 158 Å². The van der Waals surface area contributed by atoms with Gasteiger partial charge >= 0.3 is 0 Å². The van der Waals surface area contributed by atoms with Gasteiger partial charge in [-0.1, -0.05) is 44.0 Å². The minimum atomic E-state index is 0.402. The van der Waals surface area contributed by atoms with Gasteiger partial charge in [0.05, 0.1) is 0 Å². The van der Waals surface area contributed by atoms with Crippen molar-refractivity contribution < 1.29 is 4.79 Å². The van der Waals surface area contributed by atoms with Crippen LogP contribution >= 0.6 is 0 Å². The third-order valence-electron chi connectivity index (χ3n) is 7.21. The second-order valence-electron chi connectivity index (χ2n) is 8.91. The summed E-state index contributed by atoms with van der Waals surface area (Å²) in [5, 5.41) is 0. The molecule has 26 heavy (non-hydrogen) atoms. The third kappa shape index (κ3) is 3.83. The van der Waals surface area contributed by atoms with Gasteiger partial charge in [0.1, 0.15) is 0 Å². The fourth-order valence-corrected chi connectivity index (χ4v) is 5.33. The number of piperidine rings is 2. The van der Waals surface area contributed by atoms with Crippen molar-refractivity contribution in [3.63, 3.8) is 0 Å². The van der Waals surface area contributed by atoms with Crippen LogP contribution in [-0.2, 0) is 17.8 Å². The number of carbonyl (C=O) groups excluding carboxylic acids is 1. The van der Waals surface area contributed by atoms with Crippen LogP contribution in [0.1, 0.15) is 69.4 Å². The Morgan fingerprint density at radius 2 is 1.65 bits per heavy atom. The average Bonchev–Trinajstić information content (AvgIpc) is 3.21. The van der Waals surface area contributed by atoms with Crippen molar-refractivity contribution in [2.45, 2.75) is 77.3 Å². The lowest BCUT2D eigenvalue weighted by Gasteiger charge is -2.49. The van der Waals surface area contributed by atoms with E-state index in [1.165, 1.54) is 62.7 Å². The molecule has 4 rings (SSSR count). The van der Waals surface area contributed by atoms with E-state index in [-0.39, 0.29) is 0 Å². The number of benzene rings is 1. The van der Waals surface area contributed by atoms with E-state index in [0.717, 1.165) is 32.4 Å². The van der Waals surface area contributed by atoms with Crippen LogP contribution in [0.15, 0.2) is 24.3 Å². The van der Waals surface area contributed by atoms with Gasteiger partial charge in [0, 0.05) is 25.6 Å². The second kappa shape index (κ2) is 7.72. The second-order valence-corrected chi connectivity index (χ2v) is 8.91. The molecular weight excluding hydrogens is 320 g/mol. The molecule has 142 valence electrons. The van der Waals surface area contributed by atoms with Gasteiger partial charge in [-0.15, -0.1) is 0 Å². The van der Waals surface area contributed by atoms with E-state index in [1.807, 2.05) is 0 Å². The van der Waals surface area contributed by atoms with Crippen LogP contribution < -0.4 is 0 Å². The molecule has 0 bridgehead atoms. The summed E-state index contributed by atoms with van der Waals surface area (Å²) in [6, 6.07) is 9.68. The van der Waals surface area contributed by atoms with E-state index >= 15 is 0 Å². The summed E-state index contributed by atoms with van der Waals surface area (Å²) in [5.74, 6) is 0.431. The average molecular weight is 355 g/mol. The highest BCUT2D eigenvalue weighted by Crippen LogP contribution is 2.42. The van der Waals surface area contributed by atoms with Crippen molar-refractivity contribution in [3.05, 3.63) is 35.4 Å². The highest BCUT2D eigenvalue weighted by atomic mass is 16.2. The van der Waals surface area contributed by atoms with Gasteiger partial charge in [-0.25, -0.2) is 0 Å². The van der Waals surface area contributed by atoms with E-state index < -0.39 is 0 Å². The molecule has 1 spiro atoms. The molecule has 1 amide bonds. The minimum Gasteiger partial charge on any atom is -0.339 e. The van der Waals surface area contributed by atoms with Crippen molar-refractivity contribution in [2.24, 2.45) is 5.41 Å². The first-order valence-electron chi connectivity index (χ1n) is 10.8. The van der Waals surface area contributed by atoms with Crippen molar-refractivity contribution >= 4 is 5.91 Å². The summed E-state index contributed by atoms with van der Waals surface area (Å²) < 4.78 is 0. The number of aryl methyl sites for hydroxylation is 1. The number of amides is 1. The maximum atomic E-state index is 12.5. The summed E-state index contributed by atoms with van der Waals surface area (Å²) in [4.78, 5) is 17.4. The summed E-state index contributed by atoms with van der Waals surface area (Å²) in [6.07, 6.45) is 10.6. The molecule has 0 radical (unpaired) electrons. The molecule has 3 nitrogen and oxygen atoms in total. The van der Waals surface area contributed by atoms with Crippen LogP contribution in [-0.4, -0.2) is 41.4 Å². The van der Waals surface area contributed by atoms with Gasteiger partial charge in [0.25, 0.3) is 0 Å². The molecule has 3 fully saturated rings. The van der Waals surface area contributed by atoms with Crippen molar-refractivity contribution in [2.75, 3.05) is 19.6 Å². The monoisotopic (exact) mass is 354 g/mol. The molecule has 1 aliphatic carbocycles. The fraction of sp³-hybridized carbons (Fsp3) is 0.696. The van der Waals surface area contributed by atoms with Crippen LogP contribution in [0, 0.1) is 5.41 Å². The molecular formula is C23H34N2O. The molecule has 1 aromatic rings. The molecule has 1 saturated carbocycles. The summed E-state index contributed by atoms with van der Waals surface area (Å²) in [6.45, 7) is 6.69. The SMILES string of the molecule is CCc1ccc(CN2CCC3(CCC(=O)N(C4CCCC4)C3)CC2)cc1. The first-order chi connectivity index (χ1) is 12.7. The van der Waals surface area contributed by atoms with Crippen LogP contribution in [0.2, 0.25) is 0 Å². The topological polar surface area (TPSA) is 23.6 Å². The number of carbonyl (C=O) groups is 1. The Bertz CT molecular complexity index is 610. The van der Waals surface area contributed by atoms with Crippen molar-refractivity contribution in [3.8, 4) is 0 Å². The molecule has 2 heterocycles. The standard InChI is InChI=1S/C23H34N2O/c1-2-19-7-9-20(10-8-19)17-24-15-13-23(14-16-24)12-11-22(26)25(18-23)21-5-3-4-6-21/h7-10,21H,2-6,11-18H2,1H3. The van der Waals surface area contributed by atoms with Gasteiger partial charge in [0.2, 0.25) is 5.91 Å². The number of rotatable bonds is 4. The Morgan fingerprint density at radius 1 is 1.00 bits per heavy atom. The van der Waals surface area contributed by atoms with E-state index in [0.29, 0.717) is 17.4 Å². The van der Waals surface area contributed by atoms with Gasteiger partial charge in [0.15, 0.2) is 0 Å². The van der Waals surface area contributed by atoms with Gasteiger partial charge in [-0.2, -0.15) is 0 Å². The highest BCUT2D eigenvalue weighted by Gasteiger charge is 2.43. The predicted octanol–water partition coefficient (Wildman–Crippen LogP) is 4.40. The van der Waals surface area contributed by atoms with E-state index in [2.05, 4.69) is 41.0 Å². The molecule has 3 heteroatoms. The van der Waals surface area contributed by atoms with Crippen molar-refractivity contribution in [1.82, 2.24) is 9.80 Å². The Balaban J connectivity index is 1.33. The molecule has 3 aliphatic rings. The molecule has 2 aliphatic heterocycles. The number of hydrogen-bond donors (Lipinski definition) is 0. The normalized spacial score (nSPS) is 24.5. The van der Waals surface area contributed by atoms with Gasteiger partial charge in [-0.05, 0) is 68.2 Å². The quantitative estimate of drug-likeness (QED) is 0.800. The first-order valence-corrected chi connectivity index (χ1v) is 10.8. The lowest BCUT2D eigenvalue weighted by Crippen LogP contribution is -2.53. The number of likely N-dealkylation sites (tertiary alicyclic amines) is 2. The molecule has 1 aromatic carbocycles. The van der Waals surface area contributed by atoms with E-state index in [9.17, 15) is 4.79 Å². The lowest BCUT2D eigenvalue weighted by atomic mass is 9.72. The van der Waals surface area contributed by atoms with Gasteiger partial charge < -0.3 is 4.90 Å². The zero-order valence-electron chi connectivity index (χ0n) is 16.4. The Morgan fingerprint density at radius 3 is 2.31 bits per heavy atom. The molecule has 0 unspecified atom stereocenters. The molecule has 0 aromatic heterocycles. The predicted molar refractivity (Wildman–Crippen MR) is 106 cm³/mol. The Kier molecular flexibility index (Phi) is 5.35. The number of hydrogen-bond acceptors (Lipinski definition) is 2. The first kappa shape index (κ1) is 18.0. The maximum Gasteiger partial charge on any atom is 0.222 e. The highest BCUT2D eigenvalue weighted by molar-refractivity contribution is 5.77. The number of nitrogens with zero attached hydrogens (tertiary/aromatic N) is 2. The Hall–Kier alpha value is -1.35. The van der Waals surface area contributed by atoms with Crippen LogP contribution in [0.4, 0.5) is 0 Å². The summed E-state index contributed by atoms with van der Waals surface area (Å²) in [5.41, 5.74) is 3.26. The largest absolute Gasteiger partial charge is 0.339 e.